The molecule has 2 unspecified atom stereocenters. The number of morpholine rings is 1. The van der Waals surface area contributed by atoms with E-state index in [0.717, 1.165) is 25.1 Å². The minimum absolute atomic E-state index is 0.0113. The number of sulfonamides is 1. The molecule has 7 nitrogen and oxygen atoms in total. The standard InChI is InChI=1S/C24H45N3O4S/c1-9-19(3)22(27-16-20(4)31-21(5)17-27)14-18(2)15-25-23(28)12-10-11-13-26-32(29,30)24(6,7)8/h14,20-21,26H,9-13,15-17H2,1-8H3,(H,25,28)/b18-14-,22-19+. The first-order valence-electron chi connectivity index (χ1n) is 11.8. The summed E-state index contributed by atoms with van der Waals surface area (Å²) >= 11 is 0. The average molecular weight is 472 g/mol. The van der Waals surface area contributed by atoms with Crippen molar-refractivity contribution in [3.8, 4) is 0 Å². The van der Waals surface area contributed by atoms with Crippen LogP contribution in [0.15, 0.2) is 22.9 Å². The van der Waals surface area contributed by atoms with Crippen molar-refractivity contribution in [2.24, 2.45) is 0 Å². The van der Waals surface area contributed by atoms with Gasteiger partial charge in [-0.1, -0.05) is 18.1 Å². The summed E-state index contributed by atoms with van der Waals surface area (Å²) < 4.78 is 31.7. The van der Waals surface area contributed by atoms with Gasteiger partial charge >= 0.3 is 0 Å². The fraction of sp³-hybridized carbons (Fsp3) is 0.792. The zero-order valence-electron chi connectivity index (χ0n) is 21.4. The predicted octanol–water partition coefficient (Wildman–Crippen LogP) is 3.73. The number of carbonyl (C=O) groups excluding carboxylic acids is 1. The van der Waals surface area contributed by atoms with E-state index in [1.807, 2.05) is 6.92 Å². The van der Waals surface area contributed by atoms with Crippen molar-refractivity contribution in [2.75, 3.05) is 26.2 Å². The van der Waals surface area contributed by atoms with E-state index in [9.17, 15) is 13.2 Å². The van der Waals surface area contributed by atoms with Gasteiger partial charge in [0, 0.05) is 38.3 Å². The molecule has 1 rings (SSSR count). The van der Waals surface area contributed by atoms with Crippen molar-refractivity contribution in [1.29, 1.82) is 0 Å². The molecular weight excluding hydrogens is 426 g/mol. The van der Waals surface area contributed by atoms with E-state index in [-0.39, 0.29) is 18.1 Å². The Labute approximate surface area is 196 Å². The van der Waals surface area contributed by atoms with Crippen LogP contribution >= 0.6 is 0 Å². The molecular formula is C24H45N3O4S. The number of unbranched alkanes of at least 4 members (excludes halogenated alkanes) is 1. The summed E-state index contributed by atoms with van der Waals surface area (Å²) in [5.74, 6) is -0.0113. The van der Waals surface area contributed by atoms with Crippen molar-refractivity contribution >= 4 is 15.9 Å². The number of hydrogen-bond donors (Lipinski definition) is 2. The molecule has 1 saturated heterocycles. The van der Waals surface area contributed by atoms with Crippen LogP contribution in [-0.2, 0) is 19.6 Å². The van der Waals surface area contributed by atoms with Gasteiger partial charge in [0.2, 0.25) is 15.9 Å². The van der Waals surface area contributed by atoms with Gasteiger partial charge in [0.25, 0.3) is 0 Å². The Kier molecular flexibility index (Phi) is 11.4. The lowest BCUT2D eigenvalue weighted by atomic mass is 10.1. The highest BCUT2D eigenvalue weighted by atomic mass is 32.2. The number of rotatable bonds is 11. The third kappa shape index (κ3) is 9.63. The Balaban J connectivity index is 2.51. The lowest BCUT2D eigenvalue weighted by Crippen LogP contribution is -2.44. The summed E-state index contributed by atoms with van der Waals surface area (Å²) in [7, 11) is -3.33. The molecule has 1 heterocycles. The molecule has 0 radical (unpaired) electrons. The third-order valence-electron chi connectivity index (χ3n) is 5.60. The summed E-state index contributed by atoms with van der Waals surface area (Å²) in [4.78, 5) is 14.6. The molecule has 0 aromatic heterocycles. The van der Waals surface area contributed by atoms with Crippen LogP contribution < -0.4 is 10.0 Å². The monoisotopic (exact) mass is 471 g/mol. The van der Waals surface area contributed by atoms with E-state index in [1.54, 1.807) is 20.8 Å². The lowest BCUT2D eigenvalue weighted by Gasteiger charge is -2.38. The van der Waals surface area contributed by atoms with Crippen LogP contribution in [0, 0.1) is 0 Å². The largest absolute Gasteiger partial charge is 0.372 e. The maximum Gasteiger partial charge on any atom is 0.220 e. The maximum atomic E-state index is 12.2. The summed E-state index contributed by atoms with van der Waals surface area (Å²) in [6, 6.07) is 0. The van der Waals surface area contributed by atoms with Gasteiger partial charge in [0.15, 0.2) is 0 Å². The first-order valence-corrected chi connectivity index (χ1v) is 13.3. The van der Waals surface area contributed by atoms with Gasteiger partial charge in [0.1, 0.15) is 0 Å². The molecule has 0 aliphatic carbocycles. The van der Waals surface area contributed by atoms with Gasteiger partial charge < -0.3 is 15.0 Å². The second kappa shape index (κ2) is 12.8. The normalized spacial score (nSPS) is 21.4. The van der Waals surface area contributed by atoms with E-state index < -0.39 is 14.8 Å². The smallest absolute Gasteiger partial charge is 0.220 e. The van der Waals surface area contributed by atoms with Gasteiger partial charge in [-0.3, -0.25) is 4.79 Å². The minimum Gasteiger partial charge on any atom is -0.372 e. The van der Waals surface area contributed by atoms with Gasteiger partial charge in [0.05, 0.1) is 17.0 Å². The van der Waals surface area contributed by atoms with Crippen LogP contribution in [-0.4, -0.2) is 62.4 Å². The maximum absolute atomic E-state index is 12.2. The van der Waals surface area contributed by atoms with Crippen LogP contribution in [0.1, 0.15) is 81.1 Å². The van der Waals surface area contributed by atoms with E-state index in [0.29, 0.717) is 32.4 Å². The molecule has 2 atom stereocenters. The second-order valence-corrected chi connectivity index (χ2v) is 12.4. The third-order valence-corrected chi connectivity index (χ3v) is 7.80. The quantitative estimate of drug-likeness (QED) is 0.354. The molecule has 2 N–H and O–H groups in total. The Morgan fingerprint density at radius 2 is 1.72 bits per heavy atom. The predicted molar refractivity (Wildman–Crippen MR) is 132 cm³/mol. The van der Waals surface area contributed by atoms with Crippen LogP contribution in [0.3, 0.4) is 0 Å². The second-order valence-electron chi connectivity index (χ2n) is 9.92. The van der Waals surface area contributed by atoms with Crippen molar-refractivity contribution in [3.05, 3.63) is 22.9 Å². The molecule has 0 saturated carbocycles. The molecule has 0 aromatic rings. The van der Waals surface area contributed by atoms with Crippen molar-refractivity contribution in [1.82, 2.24) is 14.9 Å². The van der Waals surface area contributed by atoms with Gasteiger partial charge in [-0.15, -0.1) is 0 Å². The van der Waals surface area contributed by atoms with Crippen molar-refractivity contribution < 1.29 is 17.9 Å². The fourth-order valence-corrected chi connectivity index (χ4v) is 4.33. The Bertz CT molecular complexity index is 772. The molecule has 1 amide bonds. The lowest BCUT2D eigenvalue weighted by molar-refractivity contribution is -0.121. The topological polar surface area (TPSA) is 87.7 Å². The molecule has 0 spiro atoms. The van der Waals surface area contributed by atoms with Crippen molar-refractivity contribution in [3.63, 3.8) is 0 Å². The summed E-state index contributed by atoms with van der Waals surface area (Å²) in [5, 5.41) is 2.98. The van der Waals surface area contributed by atoms with E-state index in [1.165, 1.54) is 11.3 Å². The number of nitrogens with one attached hydrogen (secondary N) is 2. The van der Waals surface area contributed by atoms with Crippen molar-refractivity contribution in [2.45, 2.75) is 98.0 Å². The SMILES string of the molecule is CC/C(C)=C(\C=C(\C)CNC(=O)CCCCNS(=O)(=O)C(C)(C)C)N1CC(C)OC(C)C1. The molecule has 1 fully saturated rings. The number of amides is 1. The highest BCUT2D eigenvalue weighted by Crippen LogP contribution is 2.22. The molecule has 32 heavy (non-hydrogen) atoms. The molecule has 1 aliphatic heterocycles. The molecule has 0 aromatic carbocycles. The Morgan fingerprint density at radius 1 is 1.12 bits per heavy atom. The zero-order valence-corrected chi connectivity index (χ0v) is 22.2. The van der Waals surface area contributed by atoms with Crippen LogP contribution in [0.5, 0.6) is 0 Å². The molecule has 0 bridgehead atoms. The van der Waals surface area contributed by atoms with E-state index in [4.69, 9.17) is 4.74 Å². The summed E-state index contributed by atoms with van der Waals surface area (Å²) in [6.07, 6.45) is 5.22. The zero-order chi connectivity index (χ0) is 24.5. The number of ether oxygens (including phenoxy) is 1. The highest BCUT2D eigenvalue weighted by molar-refractivity contribution is 7.90. The number of allylic oxidation sites excluding steroid dienone is 2. The highest BCUT2D eigenvalue weighted by Gasteiger charge is 2.28. The molecule has 8 heteroatoms. The Morgan fingerprint density at radius 3 is 2.25 bits per heavy atom. The Hall–Kier alpha value is -1.38. The average Bonchev–Trinajstić information content (AvgIpc) is 2.67. The summed E-state index contributed by atoms with van der Waals surface area (Å²) in [5.41, 5.74) is 3.66. The minimum atomic E-state index is -3.33. The van der Waals surface area contributed by atoms with E-state index >= 15 is 0 Å². The molecule has 186 valence electrons. The number of hydrogen-bond acceptors (Lipinski definition) is 5. The first-order chi connectivity index (χ1) is 14.8. The summed E-state index contributed by atoms with van der Waals surface area (Å²) in [6.45, 7) is 18.2. The van der Waals surface area contributed by atoms with Gasteiger partial charge in [-0.05, 0) is 73.8 Å². The fourth-order valence-electron chi connectivity index (χ4n) is 3.48. The van der Waals surface area contributed by atoms with Crippen LogP contribution in [0.2, 0.25) is 0 Å². The van der Waals surface area contributed by atoms with Gasteiger partial charge in [-0.2, -0.15) is 0 Å². The van der Waals surface area contributed by atoms with Crippen LogP contribution in [0.25, 0.3) is 0 Å². The van der Waals surface area contributed by atoms with Crippen LogP contribution in [0.4, 0.5) is 0 Å². The number of carbonyl (C=O) groups is 1. The molecule has 1 aliphatic rings. The first kappa shape index (κ1) is 28.7. The van der Waals surface area contributed by atoms with E-state index in [2.05, 4.69) is 48.7 Å². The van der Waals surface area contributed by atoms with Gasteiger partial charge in [-0.25, -0.2) is 13.1 Å². The number of nitrogens with zero attached hydrogens (tertiary/aromatic N) is 1.